The Hall–Kier alpha value is -1.21. The number of nitrogens with one attached hydrogen (secondary N) is 1. The third-order valence-electron chi connectivity index (χ3n) is 2.60. The standard InChI is InChI=1S/C11H15N3O2S2/c1-2-9-7-17-11(13-9)14-18(15,16)10-5-3-8(12)4-6-10/h3-6,9H,2,7,12H2,1H3,(H,13,14)/t9-/m1/s1. The molecule has 1 aromatic rings. The van der Waals surface area contributed by atoms with E-state index in [9.17, 15) is 8.42 Å². The second-order valence-electron chi connectivity index (χ2n) is 3.98. The zero-order chi connectivity index (χ0) is 13.2. The fourth-order valence-electron chi connectivity index (χ4n) is 1.50. The molecule has 0 aromatic heterocycles. The van der Waals surface area contributed by atoms with E-state index in [4.69, 9.17) is 5.73 Å². The Morgan fingerprint density at radius 2 is 2.11 bits per heavy atom. The highest BCUT2D eigenvalue weighted by molar-refractivity contribution is 8.15. The molecule has 1 aliphatic rings. The second-order valence-corrected chi connectivity index (χ2v) is 6.67. The first-order valence-corrected chi connectivity index (χ1v) is 8.07. The van der Waals surface area contributed by atoms with Crippen molar-refractivity contribution in [1.29, 1.82) is 0 Å². The number of nitrogen functional groups attached to an aromatic ring is 1. The molecule has 2 rings (SSSR count). The number of thioether (sulfide) groups is 1. The number of nitrogens with two attached hydrogens (primary N) is 1. The van der Waals surface area contributed by atoms with Crippen molar-refractivity contribution in [2.45, 2.75) is 24.3 Å². The van der Waals surface area contributed by atoms with Crippen molar-refractivity contribution in [3.8, 4) is 0 Å². The number of aliphatic imine (C=N–C) groups is 1. The summed E-state index contributed by atoms with van der Waals surface area (Å²) in [6.07, 6.45) is 0.917. The summed E-state index contributed by atoms with van der Waals surface area (Å²) in [6.45, 7) is 2.03. The lowest BCUT2D eigenvalue weighted by Gasteiger charge is -2.06. The number of rotatable bonds is 3. The number of amidine groups is 1. The van der Waals surface area contributed by atoms with Crippen molar-refractivity contribution in [1.82, 2.24) is 4.72 Å². The highest BCUT2D eigenvalue weighted by atomic mass is 32.2. The van der Waals surface area contributed by atoms with Gasteiger partial charge in [-0.25, -0.2) is 8.42 Å². The molecule has 1 aliphatic heterocycles. The summed E-state index contributed by atoms with van der Waals surface area (Å²) in [6, 6.07) is 6.30. The first kappa shape index (κ1) is 13.2. The minimum atomic E-state index is -3.55. The largest absolute Gasteiger partial charge is 0.399 e. The number of benzene rings is 1. The third-order valence-corrected chi connectivity index (χ3v) is 5.11. The average Bonchev–Trinajstić information content (AvgIpc) is 2.76. The Balaban J connectivity index is 2.15. The van der Waals surface area contributed by atoms with Gasteiger partial charge < -0.3 is 5.73 Å². The van der Waals surface area contributed by atoms with E-state index < -0.39 is 10.0 Å². The van der Waals surface area contributed by atoms with E-state index in [1.807, 2.05) is 6.92 Å². The van der Waals surface area contributed by atoms with Gasteiger partial charge in [0.25, 0.3) is 10.0 Å². The maximum Gasteiger partial charge on any atom is 0.263 e. The summed E-state index contributed by atoms with van der Waals surface area (Å²) in [5.41, 5.74) is 6.06. The molecule has 1 aromatic carbocycles. The number of nitrogens with zero attached hydrogens (tertiary/aromatic N) is 1. The van der Waals surface area contributed by atoms with Gasteiger partial charge >= 0.3 is 0 Å². The average molecular weight is 285 g/mol. The minimum Gasteiger partial charge on any atom is -0.399 e. The first-order chi connectivity index (χ1) is 8.51. The molecule has 0 radical (unpaired) electrons. The van der Waals surface area contributed by atoms with Gasteiger partial charge in [0.15, 0.2) is 5.17 Å². The molecule has 0 unspecified atom stereocenters. The molecule has 0 amide bonds. The molecular weight excluding hydrogens is 270 g/mol. The van der Waals surface area contributed by atoms with E-state index in [1.165, 1.54) is 23.9 Å². The van der Waals surface area contributed by atoms with E-state index in [0.29, 0.717) is 10.9 Å². The number of anilines is 1. The molecule has 3 N–H and O–H groups in total. The molecule has 0 aliphatic carbocycles. The lowest BCUT2D eigenvalue weighted by Crippen LogP contribution is -2.27. The van der Waals surface area contributed by atoms with Gasteiger partial charge in [-0.05, 0) is 30.7 Å². The molecule has 0 saturated carbocycles. The van der Waals surface area contributed by atoms with Gasteiger partial charge in [-0.2, -0.15) is 0 Å². The Morgan fingerprint density at radius 1 is 1.44 bits per heavy atom. The van der Waals surface area contributed by atoms with Crippen LogP contribution in [0.5, 0.6) is 0 Å². The lowest BCUT2D eigenvalue weighted by atomic mass is 10.3. The quantitative estimate of drug-likeness (QED) is 0.823. The van der Waals surface area contributed by atoms with E-state index in [1.54, 1.807) is 12.1 Å². The highest BCUT2D eigenvalue weighted by Crippen LogP contribution is 2.20. The summed E-state index contributed by atoms with van der Waals surface area (Å²) in [4.78, 5) is 4.49. The van der Waals surface area contributed by atoms with Crippen LogP contribution in [-0.4, -0.2) is 25.4 Å². The van der Waals surface area contributed by atoms with Gasteiger partial charge in [-0.15, -0.1) is 0 Å². The van der Waals surface area contributed by atoms with E-state index in [0.717, 1.165) is 12.2 Å². The molecule has 0 saturated heterocycles. The van der Waals surface area contributed by atoms with Crippen LogP contribution in [0.3, 0.4) is 0 Å². The summed E-state index contributed by atoms with van der Waals surface area (Å²) in [5, 5.41) is 0.471. The molecule has 0 fully saturated rings. The van der Waals surface area contributed by atoms with Crippen LogP contribution in [0, 0.1) is 0 Å². The van der Waals surface area contributed by atoms with Crippen LogP contribution in [0.15, 0.2) is 34.2 Å². The predicted octanol–water partition coefficient (Wildman–Crippen LogP) is 1.43. The summed E-state index contributed by atoms with van der Waals surface area (Å²) in [5.74, 6) is 0.829. The maximum absolute atomic E-state index is 12.0. The number of hydrogen-bond donors (Lipinski definition) is 2. The van der Waals surface area contributed by atoms with Crippen LogP contribution < -0.4 is 10.5 Å². The Bertz CT molecular complexity index is 552. The molecule has 0 spiro atoms. The van der Waals surface area contributed by atoms with Crippen molar-refractivity contribution >= 4 is 32.6 Å². The molecule has 7 heteroatoms. The van der Waals surface area contributed by atoms with Gasteiger partial charge in [0.1, 0.15) is 0 Å². The van der Waals surface area contributed by atoms with Crippen LogP contribution in [0.4, 0.5) is 5.69 Å². The van der Waals surface area contributed by atoms with E-state index in [2.05, 4.69) is 9.71 Å². The Labute approximate surface area is 111 Å². The normalized spacial score (nSPS) is 19.6. The Morgan fingerprint density at radius 3 is 2.67 bits per heavy atom. The number of hydrogen-bond acceptors (Lipinski definition) is 5. The molecule has 5 nitrogen and oxygen atoms in total. The van der Waals surface area contributed by atoms with Crippen LogP contribution in [0.2, 0.25) is 0 Å². The highest BCUT2D eigenvalue weighted by Gasteiger charge is 2.22. The molecule has 1 heterocycles. The fourth-order valence-corrected chi connectivity index (χ4v) is 3.85. The van der Waals surface area contributed by atoms with Crippen molar-refractivity contribution in [2.24, 2.45) is 4.99 Å². The van der Waals surface area contributed by atoms with Crippen LogP contribution in [0.25, 0.3) is 0 Å². The van der Waals surface area contributed by atoms with Crippen molar-refractivity contribution in [3.05, 3.63) is 24.3 Å². The maximum atomic E-state index is 12.0. The van der Waals surface area contributed by atoms with Crippen LogP contribution in [0.1, 0.15) is 13.3 Å². The predicted molar refractivity (Wildman–Crippen MR) is 75.1 cm³/mol. The van der Waals surface area contributed by atoms with Crippen molar-refractivity contribution < 1.29 is 8.42 Å². The van der Waals surface area contributed by atoms with Crippen LogP contribution in [-0.2, 0) is 10.0 Å². The number of sulfonamides is 1. The van der Waals surface area contributed by atoms with Gasteiger partial charge in [0.2, 0.25) is 0 Å². The van der Waals surface area contributed by atoms with Gasteiger partial charge in [-0.3, -0.25) is 9.71 Å². The van der Waals surface area contributed by atoms with E-state index >= 15 is 0 Å². The van der Waals surface area contributed by atoms with Crippen molar-refractivity contribution in [2.75, 3.05) is 11.5 Å². The first-order valence-electron chi connectivity index (χ1n) is 5.60. The second kappa shape index (κ2) is 5.19. The summed E-state index contributed by atoms with van der Waals surface area (Å²) >= 11 is 1.43. The molecule has 1 atom stereocenters. The monoisotopic (exact) mass is 285 g/mol. The third kappa shape index (κ3) is 2.97. The van der Waals surface area contributed by atoms with Gasteiger partial charge in [0.05, 0.1) is 10.9 Å². The smallest absolute Gasteiger partial charge is 0.263 e. The zero-order valence-corrected chi connectivity index (χ0v) is 11.6. The zero-order valence-electron chi connectivity index (χ0n) is 9.96. The fraction of sp³-hybridized carbons (Fsp3) is 0.364. The van der Waals surface area contributed by atoms with Crippen molar-refractivity contribution in [3.63, 3.8) is 0 Å². The van der Waals surface area contributed by atoms with Gasteiger partial charge in [0, 0.05) is 11.4 Å². The van der Waals surface area contributed by atoms with E-state index in [-0.39, 0.29) is 10.9 Å². The summed E-state index contributed by atoms with van der Waals surface area (Å²) < 4.78 is 26.6. The molecule has 98 valence electrons. The SMILES string of the molecule is CC[C@@H]1CSC(NS(=O)(=O)c2ccc(N)cc2)=N1. The van der Waals surface area contributed by atoms with Crippen LogP contribution >= 0.6 is 11.8 Å². The Kier molecular flexibility index (Phi) is 3.82. The molecular formula is C11H15N3O2S2. The topological polar surface area (TPSA) is 84.5 Å². The lowest BCUT2D eigenvalue weighted by molar-refractivity contribution is 0.592. The summed E-state index contributed by atoms with van der Waals surface area (Å²) in [7, 11) is -3.55. The molecule has 0 bridgehead atoms. The van der Waals surface area contributed by atoms with Gasteiger partial charge in [-0.1, -0.05) is 18.7 Å². The molecule has 18 heavy (non-hydrogen) atoms. The minimum absolute atomic E-state index is 0.194.